The largest absolute Gasteiger partial charge is 0.379 e. The van der Waals surface area contributed by atoms with Gasteiger partial charge in [0.25, 0.3) is 5.91 Å². The van der Waals surface area contributed by atoms with Crippen LogP contribution in [0.25, 0.3) is 0 Å². The molecular weight excluding hydrogens is 334 g/mol. The van der Waals surface area contributed by atoms with Crippen LogP contribution >= 0.6 is 0 Å². The number of likely N-dealkylation sites (tertiary alicyclic amines) is 1. The molecule has 0 saturated carbocycles. The second kappa shape index (κ2) is 9.59. The SMILES string of the molecule is O=C(CCN(CCN1CCOCC1)C(=O)c1cnccn1)N1CCCC1. The Hall–Kier alpha value is -2.06. The van der Waals surface area contributed by atoms with E-state index in [9.17, 15) is 9.59 Å². The lowest BCUT2D eigenvalue weighted by molar-refractivity contribution is -0.130. The van der Waals surface area contributed by atoms with Crippen molar-refractivity contribution in [3.8, 4) is 0 Å². The van der Waals surface area contributed by atoms with Gasteiger partial charge in [-0.2, -0.15) is 0 Å². The highest BCUT2D eigenvalue weighted by Crippen LogP contribution is 2.10. The van der Waals surface area contributed by atoms with Crippen molar-refractivity contribution in [3.63, 3.8) is 0 Å². The van der Waals surface area contributed by atoms with Crippen LogP contribution in [0.15, 0.2) is 18.6 Å². The molecule has 0 atom stereocenters. The zero-order valence-corrected chi connectivity index (χ0v) is 15.2. The topological polar surface area (TPSA) is 78.9 Å². The fraction of sp³-hybridized carbons (Fsp3) is 0.667. The third kappa shape index (κ3) is 5.22. The van der Waals surface area contributed by atoms with Crippen LogP contribution in [0.3, 0.4) is 0 Å². The first-order chi connectivity index (χ1) is 12.7. The lowest BCUT2D eigenvalue weighted by Gasteiger charge is -2.30. The van der Waals surface area contributed by atoms with Gasteiger partial charge in [0, 0.05) is 64.6 Å². The van der Waals surface area contributed by atoms with E-state index in [1.165, 1.54) is 12.4 Å². The Labute approximate surface area is 154 Å². The number of rotatable bonds is 7. The molecule has 1 aromatic heterocycles. The number of aromatic nitrogens is 2. The van der Waals surface area contributed by atoms with Crippen LogP contribution in [0.5, 0.6) is 0 Å². The molecule has 8 heteroatoms. The number of morpholine rings is 1. The molecule has 0 bridgehead atoms. The summed E-state index contributed by atoms with van der Waals surface area (Å²) < 4.78 is 5.37. The minimum Gasteiger partial charge on any atom is -0.379 e. The molecule has 2 aliphatic rings. The summed E-state index contributed by atoms with van der Waals surface area (Å²) in [6.07, 6.45) is 7.05. The van der Waals surface area contributed by atoms with E-state index in [1.807, 2.05) is 4.90 Å². The van der Waals surface area contributed by atoms with Gasteiger partial charge in [0.05, 0.1) is 19.4 Å². The van der Waals surface area contributed by atoms with Crippen molar-refractivity contribution >= 4 is 11.8 Å². The first kappa shape index (κ1) is 18.7. The lowest BCUT2D eigenvalue weighted by Crippen LogP contribution is -2.44. The molecule has 2 aliphatic heterocycles. The molecular formula is C18H27N5O3. The van der Waals surface area contributed by atoms with Crippen LogP contribution in [0, 0.1) is 0 Å². The van der Waals surface area contributed by atoms with Crippen molar-refractivity contribution in [2.24, 2.45) is 0 Å². The summed E-state index contributed by atoms with van der Waals surface area (Å²) in [7, 11) is 0. The van der Waals surface area contributed by atoms with E-state index in [0.29, 0.717) is 25.2 Å². The van der Waals surface area contributed by atoms with E-state index in [4.69, 9.17) is 4.74 Å². The summed E-state index contributed by atoms with van der Waals surface area (Å²) in [5.74, 6) is -0.0357. The monoisotopic (exact) mass is 361 g/mol. The fourth-order valence-corrected chi connectivity index (χ4v) is 3.33. The summed E-state index contributed by atoms with van der Waals surface area (Å²) in [5.41, 5.74) is 0.322. The molecule has 0 radical (unpaired) electrons. The van der Waals surface area contributed by atoms with Gasteiger partial charge in [-0.15, -0.1) is 0 Å². The Morgan fingerprint density at radius 2 is 1.85 bits per heavy atom. The van der Waals surface area contributed by atoms with Gasteiger partial charge in [0.2, 0.25) is 5.91 Å². The maximum atomic E-state index is 12.8. The Balaban J connectivity index is 1.58. The van der Waals surface area contributed by atoms with Crippen molar-refractivity contribution in [3.05, 3.63) is 24.3 Å². The summed E-state index contributed by atoms with van der Waals surface area (Å²) in [4.78, 5) is 39.2. The molecule has 0 N–H and O–H groups in total. The number of ether oxygens (including phenoxy) is 1. The van der Waals surface area contributed by atoms with Gasteiger partial charge in [-0.3, -0.25) is 19.5 Å². The minimum absolute atomic E-state index is 0.130. The summed E-state index contributed by atoms with van der Waals surface area (Å²) in [6, 6.07) is 0. The Morgan fingerprint density at radius 3 is 2.54 bits per heavy atom. The third-order valence-electron chi connectivity index (χ3n) is 4.91. The highest BCUT2D eigenvalue weighted by atomic mass is 16.5. The maximum absolute atomic E-state index is 12.8. The molecule has 0 spiro atoms. The van der Waals surface area contributed by atoms with Crippen LogP contribution in [-0.4, -0.2) is 95.5 Å². The van der Waals surface area contributed by atoms with E-state index in [1.54, 1.807) is 11.1 Å². The van der Waals surface area contributed by atoms with Gasteiger partial charge in [-0.25, -0.2) is 4.98 Å². The Bertz CT molecular complexity index is 586. The van der Waals surface area contributed by atoms with E-state index in [-0.39, 0.29) is 11.8 Å². The first-order valence-corrected chi connectivity index (χ1v) is 9.37. The number of carbonyl (C=O) groups excluding carboxylic acids is 2. The second-order valence-electron chi connectivity index (χ2n) is 6.67. The quantitative estimate of drug-likeness (QED) is 0.693. The first-order valence-electron chi connectivity index (χ1n) is 9.37. The zero-order valence-electron chi connectivity index (χ0n) is 15.2. The number of hydrogen-bond donors (Lipinski definition) is 0. The normalized spacial score (nSPS) is 18.1. The molecule has 3 heterocycles. The van der Waals surface area contributed by atoms with Gasteiger partial charge in [0.15, 0.2) is 0 Å². The van der Waals surface area contributed by atoms with Gasteiger partial charge in [0.1, 0.15) is 5.69 Å². The van der Waals surface area contributed by atoms with Gasteiger partial charge in [-0.1, -0.05) is 0 Å². The molecule has 2 saturated heterocycles. The number of nitrogens with zero attached hydrogens (tertiary/aromatic N) is 5. The molecule has 1 aromatic rings. The van der Waals surface area contributed by atoms with Crippen molar-refractivity contribution < 1.29 is 14.3 Å². The van der Waals surface area contributed by atoms with Crippen molar-refractivity contribution in [1.82, 2.24) is 24.7 Å². The van der Waals surface area contributed by atoms with E-state index in [2.05, 4.69) is 14.9 Å². The summed E-state index contributed by atoms with van der Waals surface area (Å²) >= 11 is 0. The Morgan fingerprint density at radius 1 is 1.08 bits per heavy atom. The second-order valence-corrected chi connectivity index (χ2v) is 6.67. The van der Waals surface area contributed by atoms with E-state index < -0.39 is 0 Å². The fourth-order valence-electron chi connectivity index (χ4n) is 3.33. The standard InChI is InChI=1S/C18H27N5O3/c24-17(22-6-1-2-7-22)3-8-23(10-9-21-11-13-26-14-12-21)18(25)16-15-19-4-5-20-16/h4-5,15H,1-3,6-14H2. The zero-order chi connectivity index (χ0) is 18.2. The molecule has 2 fully saturated rings. The smallest absolute Gasteiger partial charge is 0.274 e. The van der Waals surface area contributed by atoms with E-state index >= 15 is 0 Å². The number of amides is 2. The van der Waals surface area contributed by atoms with Crippen LogP contribution in [0.4, 0.5) is 0 Å². The van der Waals surface area contributed by atoms with E-state index in [0.717, 1.165) is 58.8 Å². The molecule has 0 aromatic carbocycles. The molecule has 2 amide bonds. The molecule has 0 unspecified atom stereocenters. The van der Waals surface area contributed by atoms with Crippen LogP contribution in [0.2, 0.25) is 0 Å². The molecule has 3 rings (SSSR count). The Kier molecular flexibility index (Phi) is 6.90. The van der Waals surface area contributed by atoms with Crippen LogP contribution < -0.4 is 0 Å². The van der Waals surface area contributed by atoms with Gasteiger partial charge >= 0.3 is 0 Å². The predicted octanol–water partition coefficient (Wildman–Crippen LogP) is 0.264. The van der Waals surface area contributed by atoms with Crippen LogP contribution in [-0.2, 0) is 9.53 Å². The van der Waals surface area contributed by atoms with Gasteiger partial charge in [-0.05, 0) is 12.8 Å². The number of carbonyl (C=O) groups is 2. The predicted molar refractivity (Wildman–Crippen MR) is 95.6 cm³/mol. The van der Waals surface area contributed by atoms with Gasteiger partial charge < -0.3 is 14.5 Å². The van der Waals surface area contributed by atoms with Crippen LogP contribution in [0.1, 0.15) is 29.8 Å². The third-order valence-corrected chi connectivity index (χ3v) is 4.91. The summed E-state index contributed by atoms with van der Waals surface area (Å²) in [5, 5.41) is 0. The average Bonchev–Trinajstić information content (AvgIpc) is 3.24. The number of hydrogen-bond acceptors (Lipinski definition) is 6. The highest BCUT2D eigenvalue weighted by molar-refractivity contribution is 5.92. The lowest BCUT2D eigenvalue weighted by atomic mass is 10.3. The van der Waals surface area contributed by atoms with Crippen molar-refractivity contribution in [2.45, 2.75) is 19.3 Å². The summed E-state index contributed by atoms with van der Waals surface area (Å²) in [6.45, 7) is 6.64. The molecule has 0 aliphatic carbocycles. The highest BCUT2D eigenvalue weighted by Gasteiger charge is 2.22. The maximum Gasteiger partial charge on any atom is 0.274 e. The molecule has 8 nitrogen and oxygen atoms in total. The van der Waals surface area contributed by atoms with Crippen molar-refractivity contribution in [1.29, 1.82) is 0 Å². The minimum atomic E-state index is -0.166. The molecule has 142 valence electrons. The molecule has 26 heavy (non-hydrogen) atoms. The average molecular weight is 361 g/mol. The van der Waals surface area contributed by atoms with Crippen molar-refractivity contribution in [2.75, 3.05) is 59.0 Å².